The Bertz CT molecular complexity index is 1340. The molecule has 2 aliphatic heterocycles. The number of amides is 1. The Hall–Kier alpha value is -3.46. The van der Waals surface area contributed by atoms with Crippen molar-refractivity contribution in [3.05, 3.63) is 70.9 Å². The summed E-state index contributed by atoms with van der Waals surface area (Å²) < 4.78 is 50.1. The number of halogens is 3. The van der Waals surface area contributed by atoms with E-state index in [1.165, 1.54) is 17.0 Å². The molecule has 6 nitrogen and oxygen atoms in total. The van der Waals surface area contributed by atoms with Crippen LogP contribution in [-0.4, -0.2) is 53.6 Å². The van der Waals surface area contributed by atoms with Crippen molar-refractivity contribution in [1.29, 1.82) is 0 Å². The molecule has 0 unspecified atom stereocenters. The van der Waals surface area contributed by atoms with Crippen LogP contribution >= 0.6 is 0 Å². The maximum atomic E-state index is 15.0. The van der Waals surface area contributed by atoms with Gasteiger partial charge in [0.1, 0.15) is 17.3 Å². The summed E-state index contributed by atoms with van der Waals surface area (Å²) in [5.41, 5.74) is 1.66. The predicted molar refractivity (Wildman–Crippen MR) is 134 cm³/mol. The van der Waals surface area contributed by atoms with Crippen molar-refractivity contribution in [1.82, 2.24) is 14.9 Å². The van der Waals surface area contributed by atoms with Gasteiger partial charge in [-0.05, 0) is 82.1 Å². The summed E-state index contributed by atoms with van der Waals surface area (Å²) in [5.74, 6) is -1.60. The van der Waals surface area contributed by atoms with E-state index in [2.05, 4.69) is 21.9 Å². The summed E-state index contributed by atoms with van der Waals surface area (Å²) in [7, 11) is 2.07. The number of aromatic nitrogens is 2. The van der Waals surface area contributed by atoms with Crippen molar-refractivity contribution in [2.24, 2.45) is 0 Å². The average Bonchev–Trinajstić information content (AvgIpc) is 2.85. The van der Waals surface area contributed by atoms with Crippen LogP contribution in [0.4, 0.5) is 18.9 Å². The number of fused-ring (bicyclic) bond motifs is 1. The van der Waals surface area contributed by atoms with E-state index >= 15 is 0 Å². The first-order valence-electron chi connectivity index (χ1n) is 12.5. The van der Waals surface area contributed by atoms with E-state index in [-0.39, 0.29) is 65.2 Å². The molecule has 1 amide bonds. The lowest BCUT2D eigenvalue weighted by Crippen LogP contribution is -2.43. The number of likely N-dealkylation sites (tertiary alicyclic amines) is 1. The zero-order valence-corrected chi connectivity index (χ0v) is 21.1. The quantitative estimate of drug-likeness (QED) is 0.478. The fourth-order valence-corrected chi connectivity index (χ4v) is 5.15. The summed E-state index contributed by atoms with van der Waals surface area (Å²) in [6.45, 7) is 5.23. The van der Waals surface area contributed by atoms with E-state index in [4.69, 9.17) is 4.74 Å². The van der Waals surface area contributed by atoms with Crippen LogP contribution < -0.4 is 9.64 Å². The third kappa shape index (κ3) is 5.05. The van der Waals surface area contributed by atoms with Gasteiger partial charge in [0.05, 0.1) is 11.9 Å². The lowest BCUT2D eigenvalue weighted by molar-refractivity contribution is -0.121. The third-order valence-corrected chi connectivity index (χ3v) is 7.06. The minimum atomic E-state index is -0.731. The molecule has 0 bridgehead atoms. The Morgan fingerprint density at radius 2 is 1.81 bits per heavy atom. The van der Waals surface area contributed by atoms with Crippen molar-refractivity contribution in [3.63, 3.8) is 0 Å². The molecule has 9 heteroatoms. The van der Waals surface area contributed by atoms with Gasteiger partial charge in [0, 0.05) is 18.0 Å². The minimum absolute atomic E-state index is 0.0492. The number of piperidine rings is 1. The van der Waals surface area contributed by atoms with E-state index < -0.39 is 11.6 Å². The summed E-state index contributed by atoms with van der Waals surface area (Å²) in [5, 5.41) is 0. The first kappa shape index (κ1) is 25.2. The fourth-order valence-electron chi connectivity index (χ4n) is 5.15. The summed E-state index contributed by atoms with van der Waals surface area (Å²) in [6.07, 6.45) is 3.05. The van der Waals surface area contributed by atoms with Crippen LogP contribution in [-0.2, 0) is 11.2 Å². The first-order valence-corrected chi connectivity index (χ1v) is 12.5. The minimum Gasteiger partial charge on any atom is -0.478 e. The van der Waals surface area contributed by atoms with Crippen molar-refractivity contribution >= 4 is 11.6 Å². The molecule has 0 atom stereocenters. The molecule has 1 saturated heterocycles. The first-order chi connectivity index (χ1) is 17.7. The highest BCUT2D eigenvalue weighted by Gasteiger charge is 2.31. The topological polar surface area (TPSA) is 58.6 Å². The van der Waals surface area contributed by atoms with Crippen molar-refractivity contribution < 1.29 is 22.7 Å². The summed E-state index contributed by atoms with van der Waals surface area (Å²) in [4.78, 5) is 24.5. The largest absolute Gasteiger partial charge is 0.478 e. The highest BCUT2D eigenvalue weighted by atomic mass is 19.1. The van der Waals surface area contributed by atoms with Crippen LogP contribution in [0.25, 0.3) is 11.3 Å². The summed E-state index contributed by atoms with van der Waals surface area (Å²) >= 11 is 0. The Balaban J connectivity index is 1.43. The standard InChI is InChI=1S/C28H29F3N4O2/c1-16(2)35-24-13-19(12-22(30)28(24)37-15-26(35)36)27-23(31)14-32-25(33-27)11-17-4-5-20(21(29)10-17)18-6-8-34(3)9-7-18/h4-5,10,12-14,16,18H,6-9,11,15H2,1-3H3. The lowest BCUT2D eigenvalue weighted by Gasteiger charge is -2.33. The Morgan fingerprint density at radius 3 is 2.51 bits per heavy atom. The second-order valence-corrected chi connectivity index (χ2v) is 10.0. The van der Waals surface area contributed by atoms with Gasteiger partial charge in [-0.2, -0.15) is 0 Å². The van der Waals surface area contributed by atoms with Crippen molar-refractivity contribution in [3.8, 4) is 17.0 Å². The van der Waals surface area contributed by atoms with E-state index in [1.54, 1.807) is 13.8 Å². The van der Waals surface area contributed by atoms with Crippen LogP contribution in [0.1, 0.15) is 49.6 Å². The van der Waals surface area contributed by atoms with E-state index in [1.807, 2.05) is 12.1 Å². The van der Waals surface area contributed by atoms with Crippen molar-refractivity contribution in [2.45, 2.75) is 45.1 Å². The molecule has 0 radical (unpaired) electrons. The molecule has 2 aliphatic rings. The lowest BCUT2D eigenvalue weighted by atomic mass is 9.88. The molecule has 0 spiro atoms. The SMILES string of the molecule is CC(C)N1C(=O)COc2c(F)cc(-c3nc(Cc4ccc(C5CCN(C)CC5)c(F)c4)ncc3F)cc21. The molecule has 0 aliphatic carbocycles. The molecule has 5 rings (SSSR count). The Kier molecular flexibility index (Phi) is 6.90. The monoisotopic (exact) mass is 510 g/mol. The third-order valence-electron chi connectivity index (χ3n) is 7.06. The Labute approximate surface area is 214 Å². The molecule has 3 heterocycles. The molecule has 194 valence electrons. The molecular formula is C28H29F3N4O2. The van der Waals surface area contributed by atoms with Crippen LogP contribution in [0, 0.1) is 17.5 Å². The van der Waals surface area contributed by atoms with Crippen LogP contribution in [0.5, 0.6) is 5.75 Å². The molecule has 1 aromatic heterocycles. The predicted octanol–water partition coefficient (Wildman–Crippen LogP) is 5.09. The molecule has 0 N–H and O–H groups in total. The highest BCUT2D eigenvalue weighted by Crippen LogP contribution is 2.39. The van der Waals surface area contributed by atoms with Gasteiger partial charge in [0.2, 0.25) is 0 Å². The van der Waals surface area contributed by atoms with E-state index in [0.29, 0.717) is 11.1 Å². The van der Waals surface area contributed by atoms with Gasteiger partial charge in [-0.3, -0.25) is 4.79 Å². The number of benzene rings is 2. The number of ether oxygens (including phenoxy) is 1. The number of carbonyl (C=O) groups excluding carboxylic acids is 1. The maximum absolute atomic E-state index is 15.0. The number of carbonyl (C=O) groups is 1. The van der Waals surface area contributed by atoms with Crippen LogP contribution in [0.2, 0.25) is 0 Å². The smallest absolute Gasteiger partial charge is 0.265 e. The second kappa shape index (κ2) is 10.1. The molecule has 3 aromatic rings. The fraction of sp³-hybridized carbons (Fsp3) is 0.393. The molecule has 1 fully saturated rings. The zero-order chi connectivity index (χ0) is 26.3. The second-order valence-electron chi connectivity index (χ2n) is 10.0. The molecule has 2 aromatic carbocycles. The van der Waals surface area contributed by atoms with E-state index in [9.17, 15) is 18.0 Å². The van der Waals surface area contributed by atoms with Crippen molar-refractivity contribution in [2.75, 3.05) is 31.6 Å². The summed E-state index contributed by atoms with van der Waals surface area (Å²) in [6, 6.07) is 7.55. The van der Waals surface area contributed by atoms with Crippen LogP contribution in [0.15, 0.2) is 36.5 Å². The zero-order valence-electron chi connectivity index (χ0n) is 21.1. The van der Waals surface area contributed by atoms with Crippen LogP contribution in [0.3, 0.4) is 0 Å². The van der Waals surface area contributed by atoms with Gasteiger partial charge in [-0.15, -0.1) is 0 Å². The number of nitrogens with zero attached hydrogens (tertiary/aromatic N) is 4. The van der Waals surface area contributed by atoms with Gasteiger partial charge in [-0.1, -0.05) is 12.1 Å². The number of hydrogen-bond donors (Lipinski definition) is 0. The average molecular weight is 511 g/mol. The molecule has 37 heavy (non-hydrogen) atoms. The maximum Gasteiger partial charge on any atom is 0.265 e. The van der Waals surface area contributed by atoms with Gasteiger partial charge in [0.25, 0.3) is 5.91 Å². The van der Waals surface area contributed by atoms with Gasteiger partial charge in [-0.25, -0.2) is 23.1 Å². The number of hydrogen-bond acceptors (Lipinski definition) is 5. The van der Waals surface area contributed by atoms with E-state index in [0.717, 1.165) is 38.2 Å². The molecular weight excluding hydrogens is 481 g/mol. The van der Waals surface area contributed by atoms with Gasteiger partial charge >= 0.3 is 0 Å². The van der Waals surface area contributed by atoms with Gasteiger partial charge < -0.3 is 14.5 Å². The normalized spacial score (nSPS) is 16.7. The number of anilines is 1. The van der Waals surface area contributed by atoms with Gasteiger partial charge in [0.15, 0.2) is 24.0 Å². The Morgan fingerprint density at radius 1 is 1.05 bits per heavy atom. The number of rotatable bonds is 5. The molecule has 0 saturated carbocycles. The highest BCUT2D eigenvalue weighted by molar-refractivity contribution is 5.99.